The third kappa shape index (κ3) is 7.11. The van der Waals surface area contributed by atoms with Crippen LogP contribution in [0.15, 0.2) is 42.5 Å². The fourth-order valence-electron chi connectivity index (χ4n) is 3.31. The lowest BCUT2D eigenvalue weighted by molar-refractivity contribution is -0.139. The van der Waals surface area contributed by atoms with Crippen LogP contribution in [0.4, 0.5) is 4.79 Å². The maximum absolute atomic E-state index is 11.4. The molecule has 0 saturated heterocycles. The standard InChI is InChI=1S/C17H15NO4.C6H13NO2/c19-16(20)9-18-17(21)22-10-12-5-3-7-14-13-6-2-1-4-11(13)8-15(12)14;1-4(2)3-5(7)6(8)9/h1-7H,8-10H2,(H,18,21)(H,19,20);4-5H,3,7H2,1-2H3,(H,8,9). The second-order valence-electron chi connectivity index (χ2n) is 7.67. The lowest BCUT2D eigenvalue weighted by atomic mass is 10.0. The van der Waals surface area contributed by atoms with Gasteiger partial charge in [-0.05, 0) is 46.6 Å². The molecule has 1 aliphatic carbocycles. The highest BCUT2D eigenvalue weighted by Gasteiger charge is 2.20. The number of amides is 1. The van der Waals surface area contributed by atoms with Crippen molar-refractivity contribution >= 4 is 18.0 Å². The zero-order chi connectivity index (χ0) is 23.0. The summed E-state index contributed by atoms with van der Waals surface area (Å²) in [4.78, 5) is 31.9. The zero-order valence-electron chi connectivity index (χ0n) is 17.6. The van der Waals surface area contributed by atoms with E-state index in [1.165, 1.54) is 16.7 Å². The van der Waals surface area contributed by atoms with E-state index in [0.717, 1.165) is 17.5 Å². The second-order valence-corrected chi connectivity index (χ2v) is 7.67. The Kier molecular flexibility index (Phi) is 8.57. The molecular weight excluding hydrogens is 400 g/mol. The van der Waals surface area contributed by atoms with Gasteiger partial charge in [0.15, 0.2) is 0 Å². The Morgan fingerprint density at radius 1 is 1.06 bits per heavy atom. The van der Waals surface area contributed by atoms with Crippen LogP contribution in [0.3, 0.4) is 0 Å². The van der Waals surface area contributed by atoms with E-state index in [9.17, 15) is 14.4 Å². The van der Waals surface area contributed by atoms with Crippen molar-refractivity contribution in [1.82, 2.24) is 5.32 Å². The van der Waals surface area contributed by atoms with Crippen LogP contribution in [-0.2, 0) is 27.4 Å². The molecule has 8 nitrogen and oxygen atoms in total. The maximum atomic E-state index is 11.4. The van der Waals surface area contributed by atoms with Crippen molar-refractivity contribution in [1.29, 1.82) is 0 Å². The average molecular weight is 428 g/mol. The monoisotopic (exact) mass is 428 g/mol. The number of hydrogen-bond acceptors (Lipinski definition) is 5. The van der Waals surface area contributed by atoms with E-state index in [-0.39, 0.29) is 6.61 Å². The summed E-state index contributed by atoms with van der Waals surface area (Å²) in [7, 11) is 0. The van der Waals surface area contributed by atoms with E-state index < -0.39 is 30.6 Å². The van der Waals surface area contributed by atoms with Gasteiger partial charge in [-0.15, -0.1) is 0 Å². The van der Waals surface area contributed by atoms with Crippen molar-refractivity contribution in [2.45, 2.75) is 39.3 Å². The number of alkyl carbamates (subject to hydrolysis) is 1. The molecule has 0 heterocycles. The lowest BCUT2D eigenvalue weighted by Gasteiger charge is -2.09. The van der Waals surface area contributed by atoms with Crippen molar-refractivity contribution in [3.05, 3.63) is 59.2 Å². The zero-order valence-corrected chi connectivity index (χ0v) is 17.6. The SMILES string of the molecule is CC(C)CC(N)C(=O)O.O=C(O)CNC(=O)OCc1cccc2c1Cc1ccccc1-2. The molecule has 31 heavy (non-hydrogen) atoms. The number of nitrogens with one attached hydrogen (secondary N) is 1. The van der Waals surface area contributed by atoms with Gasteiger partial charge < -0.3 is 26.0 Å². The quantitative estimate of drug-likeness (QED) is 0.454. The van der Waals surface area contributed by atoms with Crippen molar-refractivity contribution in [3.63, 3.8) is 0 Å². The number of nitrogens with two attached hydrogens (primary N) is 1. The van der Waals surface area contributed by atoms with Crippen LogP contribution < -0.4 is 11.1 Å². The molecule has 0 spiro atoms. The summed E-state index contributed by atoms with van der Waals surface area (Å²) in [6.45, 7) is 3.57. The number of rotatable bonds is 7. The summed E-state index contributed by atoms with van der Waals surface area (Å²) in [5.41, 5.74) is 11.0. The van der Waals surface area contributed by atoms with E-state index in [1.807, 2.05) is 38.1 Å². The highest BCUT2D eigenvalue weighted by molar-refractivity contribution is 5.78. The number of carboxylic acid groups (broad SMARTS) is 2. The largest absolute Gasteiger partial charge is 0.480 e. The van der Waals surface area contributed by atoms with Crippen LogP contribution in [0, 0.1) is 5.92 Å². The number of aliphatic carboxylic acids is 2. The van der Waals surface area contributed by atoms with Crippen molar-refractivity contribution in [2.75, 3.05) is 6.54 Å². The van der Waals surface area contributed by atoms with E-state index in [1.54, 1.807) is 0 Å². The Hall–Kier alpha value is -3.39. The van der Waals surface area contributed by atoms with Gasteiger partial charge in [-0.3, -0.25) is 9.59 Å². The minimum Gasteiger partial charge on any atom is -0.480 e. The molecule has 166 valence electrons. The molecule has 0 bridgehead atoms. The molecule has 8 heteroatoms. The fraction of sp³-hybridized carbons (Fsp3) is 0.348. The molecule has 0 radical (unpaired) electrons. The van der Waals surface area contributed by atoms with E-state index in [0.29, 0.717) is 12.3 Å². The Bertz CT molecular complexity index is 941. The van der Waals surface area contributed by atoms with Gasteiger partial charge in [0.05, 0.1) is 0 Å². The number of carboxylic acids is 2. The smallest absolute Gasteiger partial charge is 0.407 e. The summed E-state index contributed by atoms with van der Waals surface area (Å²) in [5.74, 6) is -1.66. The number of benzene rings is 2. The third-order valence-corrected chi connectivity index (χ3v) is 4.73. The third-order valence-electron chi connectivity index (χ3n) is 4.73. The van der Waals surface area contributed by atoms with Crippen LogP contribution >= 0.6 is 0 Å². The Labute approximate surface area is 181 Å². The number of fused-ring (bicyclic) bond motifs is 3. The van der Waals surface area contributed by atoms with Crippen LogP contribution in [0.5, 0.6) is 0 Å². The minimum atomic E-state index is -1.10. The fourth-order valence-corrected chi connectivity index (χ4v) is 3.31. The number of ether oxygens (including phenoxy) is 1. The topological polar surface area (TPSA) is 139 Å². The summed E-state index contributed by atoms with van der Waals surface area (Å²) in [5, 5.41) is 19.0. The molecule has 0 saturated carbocycles. The minimum absolute atomic E-state index is 0.128. The molecule has 2 aromatic rings. The average Bonchev–Trinajstić information content (AvgIpc) is 3.10. The number of hydrogen-bond donors (Lipinski definition) is 4. The molecular formula is C23H28N2O6. The van der Waals surface area contributed by atoms with Gasteiger partial charge in [0, 0.05) is 0 Å². The number of carbonyl (C=O) groups excluding carboxylic acids is 1. The predicted molar refractivity (Wildman–Crippen MR) is 116 cm³/mol. The Morgan fingerprint density at radius 2 is 1.74 bits per heavy atom. The molecule has 1 amide bonds. The number of carbonyl (C=O) groups is 3. The Balaban J connectivity index is 0.000000323. The van der Waals surface area contributed by atoms with E-state index >= 15 is 0 Å². The first-order valence-corrected chi connectivity index (χ1v) is 9.98. The maximum Gasteiger partial charge on any atom is 0.407 e. The Morgan fingerprint density at radius 3 is 2.35 bits per heavy atom. The summed E-state index contributed by atoms with van der Waals surface area (Å²) >= 11 is 0. The van der Waals surface area contributed by atoms with Crippen molar-refractivity contribution in [3.8, 4) is 11.1 Å². The van der Waals surface area contributed by atoms with Crippen LogP contribution in [0.1, 0.15) is 37.0 Å². The van der Waals surface area contributed by atoms with Crippen LogP contribution in [0.25, 0.3) is 11.1 Å². The van der Waals surface area contributed by atoms with Crippen LogP contribution in [0.2, 0.25) is 0 Å². The second kappa shape index (κ2) is 11.1. The first-order chi connectivity index (χ1) is 14.7. The van der Waals surface area contributed by atoms with E-state index in [4.69, 9.17) is 20.7 Å². The first-order valence-electron chi connectivity index (χ1n) is 9.98. The highest BCUT2D eigenvalue weighted by Crippen LogP contribution is 2.38. The van der Waals surface area contributed by atoms with E-state index in [2.05, 4.69) is 23.5 Å². The molecule has 1 atom stereocenters. The summed E-state index contributed by atoms with van der Waals surface area (Å²) in [6.07, 6.45) is 0.646. The van der Waals surface area contributed by atoms with Crippen molar-refractivity contribution < 1.29 is 29.3 Å². The molecule has 0 aromatic heterocycles. The van der Waals surface area contributed by atoms with Gasteiger partial charge in [0.2, 0.25) is 0 Å². The van der Waals surface area contributed by atoms with Crippen molar-refractivity contribution in [2.24, 2.45) is 11.7 Å². The van der Waals surface area contributed by atoms with Gasteiger partial charge in [-0.1, -0.05) is 56.3 Å². The van der Waals surface area contributed by atoms with Gasteiger partial charge in [0.1, 0.15) is 19.2 Å². The molecule has 3 rings (SSSR count). The molecule has 1 unspecified atom stereocenters. The van der Waals surface area contributed by atoms with Gasteiger partial charge in [-0.2, -0.15) is 0 Å². The summed E-state index contributed by atoms with van der Waals surface area (Å²) < 4.78 is 5.09. The predicted octanol–water partition coefficient (Wildman–Crippen LogP) is 3.01. The molecule has 1 aliphatic rings. The van der Waals surface area contributed by atoms with Gasteiger partial charge >= 0.3 is 18.0 Å². The van der Waals surface area contributed by atoms with Crippen LogP contribution in [-0.4, -0.2) is 40.8 Å². The molecule has 5 N–H and O–H groups in total. The van der Waals surface area contributed by atoms with Gasteiger partial charge in [-0.25, -0.2) is 4.79 Å². The molecule has 0 aliphatic heterocycles. The first kappa shape index (κ1) is 23.9. The summed E-state index contributed by atoms with van der Waals surface area (Å²) in [6, 6.07) is 13.4. The molecule has 0 fully saturated rings. The normalized spacial score (nSPS) is 12.1. The molecule has 2 aromatic carbocycles. The lowest BCUT2D eigenvalue weighted by Crippen LogP contribution is -2.31. The highest BCUT2D eigenvalue weighted by atomic mass is 16.5. The van der Waals surface area contributed by atoms with Gasteiger partial charge in [0.25, 0.3) is 0 Å².